The lowest BCUT2D eigenvalue weighted by molar-refractivity contribution is 0.199. The van der Waals surface area contributed by atoms with Crippen molar-refractivity contribution in [3.63, 3.8) is 0 Å². The summed E-state index contributed by atoms with van der Waals surface area (Å²) < 4.78 is 0. The number of aliphatic hydroxyl groups excluding tert-OH is 1. The van der Waals surface area contributed by atoms with Crippen molar-refractivity contribution in [3.05, 3.63) is 12.4 Å². The Morgan fingerprint density at radius 2 is 2.06 bits per heavy atom. The predicted octanol–water partition coefficient (Wildman–Crippen LogP) is 0.583. The summed E-state index contributed by atoms with van der Waals surface area (Å²) in [5.74, 6) is 7.59. The zero-order valence-electron chi connectivity index (χ0n) is 9.76. The number of nitrogens with two attached hydrogens (primary N) is 1. The fraction of sp³-hybridized carbons (Fsp3) is 0.636. The van der Waals surface area contributed by atoms with Crippen LogP contribution in [0.4, 0.5) is 11.6 Å². The lowest BCUT2D eigenvalue weighted by Crippen LogP contribution is -2.21. The largest absolute Gasteiger partial charge is 0.396 e. The number of hydrogen-bond acceptors (Lipinski definition) is 6. The lowest BCUT2D eigenvalue weighted by Gasteiger charge is -2.18. The molecule has 2 atom stereocenters. The second-order valence-electron chi connectivity index (χ2n) is 4.45. The number of hydrogen-bond donors (Lipinski definition) is 4. The third kappa shape index (κ3) is 3.04. The van der Waals surface area contributed by atoms with Crippen molar-refractivity contribution < 1.29 is 5.11 Å². The molecule has 2 unspecified atom stereocenters. The summed E-state index contributed by atoms with van der Waals surface area (Å²) in [4.78, 5) is 8.06. The molecule has 2 rings (SSSR count). The summed E-state index contributed by atoms with van der Waals surface area (Å²) in [6.45, 7) is 1.12. The van der Waals surface area contributed by atoms with Crippen molar-refractivity contribution in [1.29, 1.82) is 0 Å². The molecule has 1 aliphatic rings. The van der Waals surface area contributed by atoms with Gasteiger partial charge in [0.1, 0.15) is 18.0 Å². The number of nitrogen functional groups attached to an aromatic ring is 1. The first-order valence-electron chi connectivity index (χ1n) is 5.97. The van der Waals surface area contributed by atoms with Crippen molar-refractivity contribution >= 4 is 11.6 Å². The van der Waals surface area contributed by atoms with Gasteiger partial charge in [-0.15, -0.1) is 0 Å². The van der Waals surface area contributed by atoms with Crippen LogP contribution in [0.25, 0.3) is 0 Å². The molecule has 0 aromatic carbocycles. The van der Waals surface area contributed by atoms with Crippen LogP contribution >= 0.6 is 0 Å². The van der Waals surface area contributed by atoms with Gasteiger partial charge in [0.05, 0.1) is 0 Å². The van der Waals surface area contributed by atoms with E-state index in [2.05, 4.69) is 20.7 Å². The van der Waals surface area contributed by atoms with Crippen molar-refractivity contribution in [3.8, 4) is 0 Å². The molecule has 6 heteroatoms. The van der Waals surface area contributed by atoms with E-state index in [0.29, 0.717) is 17.7 Å². The van der Waals surface area contributed by atoms with Crippen LogP contribution < -0.4 is 16.6 Å². The Labute approximate surface area is 101 Å². The van der Waals surface area contributed by atoms with Crippen molar-refractivity contribution in [1.82, 2.24) is 9.97 Å². The Morgan fingerprint density at radius 1 is 1.29 bits per heavy atom. The molecule has 0 aliphatic heterocycles. The Kier molecular flexibility index (Phi) is 4.11. The molecule has 5 N–H and O–H groups in total. The van der Waals surface area contributed by atoms with Crippen molar-refractivity contribution in [2.75, 3.05) is 23.9 Å². The summed E-state index contributed by atoms with van der Waals surface area (Å²) in [7, 11) is 0. The molecular weight excluding hydrogens is 218 g/mol. The first-order valence-corrected chi connectivity index (χ1v) is 5.97. The van der Waals surface area contributed by atoms with Gasteiger partial charge in [0.2, 0.25) is 0 Å². The van der Waals surface area contributed by atoms with E-state index < -0.39 is 0 Å². The van der Waals surface area contributed by atoms with Crippen LogP contribution in [-0.2, 0) is 0 Å². The monoisotopic (exact) mass is 237 g/mol. The molecule has 17 heavy (non-hydrogen) atoms. The van der Waals surface area contributed by atoms with Crippen LogP contribution in [0.1, 0.15) is 19.3 Å². The standard InChI is InChI=1S/C11H19N5O/c12-16-11-4-10(14-7-15-11)13-5-8-2-1-3-9(8)6-17/h4,7-9,17H,1-3,5-6,12H2,(H2,13,14,15,16). The van der Waals surface area contributed by atoms with Gasteiger partial charge in [-0.05, 0) is 24.7 Å². The zero-order chi connectivity index (χ0) is 12.1. The summed E-state index contributed by atoms with van der Waals surface area (Å²) in [5, 5.41) is 12.5. The van der Waals surface area contributed by atoms with Crippen molar-refractivity contribution in [2.24, 2.45) is 17.7 Å². The van der Waals surface area contributed by atoms with Gasteiger partial charge in [0.25, 0.3) is 0 Å². The average molecular weight is 237 g/mol. The second-order valence-corrected chi connectivity index (χ2v) is 4.45. The smallest absolute Gasteiger partial charge is 0.145 e. The summed E-state index contributed by atoms with van der Waals surface area (Å²) in [6, 6.07) is 1.77. The van der Waals surface area contributed by atoms with E-state index in [-0.39, 0.29) is 6.61 Å². The number of aliphatic hydroxyl groups is 1. The molecule has 0 saturated heterocycles. The normalized spacial score (nSPS) is 23.6. The van der Waals surface area contributed by atoms with E-state index in [1.54, 1.807) is 6.07 Å². The second kappa shape index (κ2) is 5.79. The highest BCUT2D eigenvalue weighted by Gasteiger charge is 2.26. The summed E-state index contributed by atoms with van der Waals surface area (Å²) in [6.07, 6.45) is 4.97. The highest BCUT2D eigenvalue weighted by Crippen LogP contribution is 2.31. The average Bonchev–Trinajstić information content (AvgIpc) is 2.84. The van der Waals surface area contributed by atoms with E-state index in [1.165, 1.54) is 19.2 Å². The maximum atomic E-state index is 9.24. The van der Waals surface area contributed by atoms with Crippen LogP contribution in [-0.4, -0.2) is 28.2 Å². The minimum atomic E-state index is 0.283. The Bertz CT molecular complexity index is 359. The number of nitrogens with one attached hydrogen (secondary N) is 2. The first-order chi connectivity index (χ1) is 8.33. The maximum absolute atomic E-state index is 9.24. The summed E-state index contributed by atoms with van der Waals surface area (Å²) in [5.41, 5.74) is 2.48. The number of rotatable bonds is 5. The third-order valence-electron chi connectivity index (χ3n) is 3.41. The van der Waals surface area contributed by atoms with Crippen LogP contribution in [0, 0.1) is 11.8 Å². The van der Waals surface area contributed by atoms with Gasteiger partial charge in [-0.3, -0.25) is 0 Å². The highest BCUT2D eigenvalue weighted by molar-refractivity contribution is 5.45. The van der Waals surface area contributed by atoms with Gasteiger partial charge in [-0.1, -0.05) is 6.42 Å². The Morgan fingerprint density at radius 3 is 2.82 bits per heavy atom. The van der Waals surface area contributed by atoms with Gasteiger partial charge in [0.15, 0.2) is 0 Å². The highest BCUT2D eigenvalue weighted by atomic mass is 16.3. The first kappa shape index (κ1) is 12.1. The van der Waals surface area contributed by atoms with Crippen LogP contribution in [0.15, 0.2) is 12.4 Å². The fourth-order valence-electron chi connectivity index (χ4n) is 2.39. The topological polar surface area (TPSA) is 96.1 Å². The molecule has 1 saturated carbocycles. The third-order valence-corrected chi connectivity index (χ3v) is 3.41. The molecule has 0 amide bonds. The van der Waals surface area contributed by atoms with E-state index in [0.717, 1.165) is 18.8 Å². The van der Waals surface area contributed by atoms with Gasteiger partial charge >= 0.3 is 0 Å². The molecule has 1 aliphatic carbocycles. The quantitative estimate of drug-likeness (QED) is 0.442. The van der Waals surface area contributed by atoms with Gasteiger partial charge < -0.3 is 15.8 Å². The Hall–Kier alpha value is -1.40. The molecule has 0 spiro atoms. The summed E-state index contributed by atoms with van der Waals surface area (Å²) >= 11 is 0. The van der Waals surface area contributed by atoms with Crippen LogP contribution in [0.5, 0.6) is 0 Å². The fourth-order valence-corrected chi connectivity index (χ4v) is 2.39. The zero-order valence-corrected chi connectivity index (χ0v) is 9.76. The lowest BCUT2D eigenvalue weighted by atomic mass is 9.97. The molecular formula is C11H19N5O. The van der Waals surface area contributed by atoms with Crippen LogP contribution in [0.2, 0.25) is 0 Å². The van der Waals surface area contributed by atoms with Gasteiger partial charge in [-0.25, -0.2) is 15.8 Å². The minimum absolute atomic E-state index is 0.283. The van der Waals surface area contributed by atoms with Crippen LogP contribution in [0.3, 0.4) is 0 Å². The van der Waals surface area contributed by atoms with Gasteiger partial charge in [0, 0.05) is 19.2 Å². The minimum Gasteiger partial charge on any atom is -0.396 e. The maximum Gasteiger partial charge on any atom is 0.145 e. The number of anilines is 2. The SMILES string of the molecule is NNc1cc(NCC2CCCC2CO)ncn1. The number of nitrogens with zero attached hydrogens (tertiary/aromatic N) is 2. The van der Waals surface area contributed by atoms with Crippen molar-refractivity contribution in [2.45, 2.75) is 19.3 Å². The molecule has 1 aromatic heterocycles. The predicted molar refractivity (Wildman–Crippen MR) is 66.2 cm³/mol. The van der Waals surface area contributed by atoms with E-state index in [4.69, 9.17) is 5.84 Å². The Balaban J connectivity index is 1.88. The van der Waals surface area contributed by atoms with E-state index >= 15 is 0 Å². The molecule has 1 fully saturated rings. The molecule has 0 radical (unpaired) electrons. The molecule has 94 valence electrons. The number of hydrazine groups is 1. The van der Waals surface area contributed by atoms with E-state index in [1.807, 2.05) is 0 Å². The van der Waals surface area contributed by atoms with E-state index in [9.17, 15) is 5.11 Å². The molecule has 6 nitrogen and oxygen atoms in total. The molecule has 0 bridgehead atoms. The number of aromatic nitrogens is 2. The van der Waals surface area contributed by atoms with Gasteiger partial charge in [-0.2, -0.15) is 0 Å². The molecule has 1 aromatic rings. The molecule has 1 heterocycles.